The van der Waals surface area contributed by atoms with Crippen molar-refractivity contribution in [2.45, 2.75) is 25.7 Å². The molecule has 0 saturated heterocycles. The largest absolute Gasteiger partial charge is 0.465 e. The van der Waals surface area contributed by atoms with Crippen LogP contribution in [-0.4, -0.2) is 33.8 Å². The molecule has 0 spiro atoms. The third-order valence-electron chi connectivity index (χ3n) is 2.95. The van der Waals surface area contributed by atoms with Crippen molar-refractivity contribution in [3.05, 3.63) is 12.7 Å². The van der Waals surface area contributed by atoms with Crippen molar-refractivity contribution in [1.29, 1.82) is 0 Å². The fourth-order valence-corrected chi connectivity index (χ4v) is 1.96. The molecule has 0 aromatic heterocycles. The summed E-state index contributed by atoms with van der Waals surface area (Å²) >= 11 is 0. The highest BCUT2D eigenvalue weighted by Gasteiger charge is 2.40. The average molecular weight is 213 g/mol. The summed E-state index contributed by atoms with van der Waals surface area (Å²) in [5.41, 5.74) is -0.196. The first-order valence-electron chi connectivity index (χ1n) is 4.85. The van der Waals surface area contributed by atoms with Gasteiger partial charge >= 0.3 is 12.2 Å². The standard InChI is InChI=1S/C10H15NO4/c1-2-4-10(5-3-6-10)7-11(8(12)13)9(14)15/h2H,1,3-7H2,(H,12,13)(H,14,15). The van der Waals surface area contributed by atoms with Gasteiger partial charge in [-0.25, -0.2) is 14.5 Å². The van der Waals surface area contributed by atoms with Gasteiger partial charge in [-0.05, 0) is 24.7 Å². The summed E-state index contributed by atoms with van der Waals surface area (Å²) in [7, 11) is 0. The molecule has 0 aromatic carbocycles. The first-order chi connectivity index (χ1) is 7.01. The van der Waals surface area contributed by atoms with Gasteiger partial charge in [-0.3, -0.25) is 0 Å². The Hall–Kier alpha value is -1.52. The van der Waals surface area contributed by atoms with Crippen LogP contribution in [0.25, 0.3) is 0 Å². The number of carbonyl (C=O) groups is 2. The van der Waals surface area contributed by atoms with Crippen molar-refractivity contribution in [3.8, 4) is 0 Å². The second kappa shape index (κ2) is 4.33. The Labute approximate surface area is 88.0 Å². The maximum absolute atomic E-state index is 10.7. The number of imide groups is 1. The average Bonchev–Trinajstić information content (AvgIpc) is 2.08. The van der Waals surface area contributed by atoms with Crippen molar-refractivity contribution in [2.24, 2.45) is 5.41 Å². The highest BCUT2D eigenvalue weighted by molar-refractivity contribution is 5.85. The normalized spacial score (nSPS) is 17.6. The van der Waals surface area contributed by atoms with E-state index in [2.05, 4.69) is 6.58 Å². The monoisotopic (exact) mass is 213 g/mol. The highest BCUT2D eigenvalue weighted by Crippen LogP contribution is 2.44. The second-order valence-corrected chi connectivity index (χ2v) is 4.00. The lowest BCUT2D eigenvalue weighted by Gasteiger charge is -2.42. The maximum Gasteiger partial charge on any atom is 0.416 e. The van der Waals surface area contributed by atoms with Crippen LogP contribution in [0.4, 0.5) is 9.59 Å². The van der Waals surface area contributed by atoms with Gasteiger partial charge in [-0.1, -0.05) is 12.5 Å². The van der Waals surface area contributed by atoms with Crippen molar-refractivity contribution in [3.63, 3.8) is 0 Å². The van der Waals surface area contributed by atoms with Crippen LogP contribution in [-0.2, 0) is 0 Å². The van der Waals surface area contributed by atoms with Crippen LogP contribution in [0.5, 0.6) is 0 Å². The summed E-state index contributed by atoms with van der Waals surface area (Å²) in [5.74, 6) is 0. The number of carboxylic acid groups (broad SMARTS) is 2. The van der Waals surface area contributed by atoms with E-state index in [0.29, 0.717) is 11.3 Å². The van der Waals surface area contributed by atoms with E-state index in [9.17, 15) is 9.59 Å². The minimum absolute atomic E-state index is 0.0592. The Morgan fingerprint density at radius 2 is 1.87 bits per heavy atom. The van der Waals surface area contributed by atoms with E-state index >= 15 is 0 Å². The third kappa shape index (κ3) is 2.49. The fraction of sp³-hybridized carbons (Fsp3) is 0.600. The molecule has 0 aromatic rings. The van der Waals surface area contributed by atoms with E-state index in [-0.39, 0.29) is 12.0 Å². The molecule has 0 radical (unpaired) electrons. The van der Waals surface area contributed by atoms with Gasteiger partial charge in [0.1, 0.15) is 0 Å². The molecule has 0 aliphatic heterocycles. The number of allylic oxidation sites excluding steroid dienone is 1. The zero-order valence-electron chi connectivity index (χ0n) is 8.48. The molecule has 1 saturated carbocycles. The molecule has 2 amide bonds. The highest BCUT2D eigenvalue weighted by atomic mass is 16.4. The van der Waals surface area contributed by atoms with Gasteiger partial charge < -0.3 is 10.2 Å². The quantitative estimate of drug-likeness (QED) is 0.703. The van der Waals surface area contributed by atoms with E-state index in [1.807, 2.05) is 0 Å². The van der Waals surface area contributed by atoms with Gasteiger partial charge in [-0.15, -0.1) is 6.58 Å². The summed E-state index contributed by atoms with van der Waals surface area (Å²) < 4.78 is 0. The van der Waals surface area contributed by atoms with Crippen molar-refractivity contribution in [2.75, 3.05) is 6.54 Å². The van der Waals surface area contributed by atoms with Crippen LogP contribution in [0.2, 0.25) is 0 Å². The van der Waals surface area contributed by atoms with Crippen molar-refractivity contribution < 1.29 is 19.8 Å². The molecule has 84 valence electrons. The number of nitrogens with zero attached hydrogens (tertiary/aromatic N) is 1. The summed E-state index contributed by atoms with van der Waals surface area (Å²) in [6.07, 6.45) is 2.36. The molecular formula is C10H15NO4. The van der Waals surface area contributed by atoms with Crippen molar-refractivity contribution >= 4 is 12.2 Å². The lowest BCUT2D eigenvalue weighted by molar-refractivity contribution is 0.0626. The van der Waals surface area contributed by atoms with Gasteiger partial charge in [-0.2, -0.15) is 0 Å². The molecule has 1 fully saturated rings. The van der Waals surface area contributed by atoms with E-state index in [0.717, 1.165) is 19.3 Å². The van der Waals surface area contributed by atoms with Gasteiger partial charge in [0.05, 0.1) is 0 Å². The Kier molecular flexibility index (Phi) is 3.34. The summed E-state index contributed by atoms with van der Waals surface area (Å²) in [6.45, 7) is 3.67. The number of hydrogen-bond acceptors (Lipinski definition) is 2. The summed E-state index contributed by atoms with van der Waals surface area (Å²) in [4.78, 5) is 21.8. The molecule has 5 nitrogen and oxygen atoms in total. The predicted octanol–water partition coefficient (Wildman–Crippen LogP) is 2.39. The van der Waals surface area contributed by atoms with Gasteiger partial charge in [0.2, 0.25) is 0 Å². The van der Waals surface area contributed by atoms with Crippen molar-refractivity contribution in [1.82, 2.24) is 4.90 Å². The number of amides is 2. The Balaban J connectivity index is 2.67. The van der Waals surface area contributed by atoms with E-state index in [1.54, 1.807) is 6.08 Å². The molecular weight excluding hydrogens is 198 g/mol. The predicted molar refractivity (Wildman–Crippen MR) is 53.9 cm³/mol. The lowest BCUT2D eigenvalue weighted by atomic mass is 9.66. The van der Waals surface area contributed by atoms with Crippen LogP contribution in [0, 0.1) is 5.41 Å². The van der Waals surface area contributed by atoms with Crippen LogP contribution >= 0.6 is 0 Å². The number of rotatable bonds is 4. The molecule has 1 aliphatic rings. The Bertz CT molecular complexity index is 269. The van der Waals surface area contributed by atoms with E-state index in [4.69, 9.17) is 10.2 Å². The minimum atomic E-state index is -1.40. The van der Waals surface area contributed by atoms with Crippen LogP contribution < -0.4 is 0 Å². The molecule has 15 heavy (non-hydrogen) atoms. The first-order valence-corrected chi connectivity index (χ1v) is 4.85. The zero-order chi connectivity index (χ0) is 11.5. The Morgan fingerprint density at radius 3 is 2.13 bits per heavy atom. The molecule has 1 rings (SSSR count). The molecule has 5 heteroatoms. The Morgan fingerprint density at radius 1 is 1.33 bits per heavy atom. The van der Waals surface area contributed by atoms with E-state index < -0.39 is 12.2 Å². The number of hydrogen-bond donors (Lipinski definition) is 2. The van der Waals surface area contributed by atoms with E-state index in [1.165, 1.54) is 0 Å². The SMILES string of the molecule is C=CCC1(CN(C(=O)O)C(=O)O)CCC1. The summed E-state index contributed by atoms with van der Waals surface area (Å²) in [6, 6.07) is 0. The summed E-state index contributed by atoms with van der Waals surface area (Å²) in [5, 5.41) is 17.4. The lowest BCUT2D eigenvalue weighted by Crippen LogP contribution is -2.46. The molecule has 0 unspecified atom stereocenters. The first kappa shape index (κ1) is 11.6. The molecule has 0 atom stereocenters. The van der Waals surface area contributed by atoms with Crippen LogP contribution in [0.1, 0.15) is 25.7 Å². The minimum Gasteiger partial charge on any atom is -0.465 e. The smallest absolute Gasteiger partial charge is 0.416 e. The fourth-order valence-electron chi connectivity index (χ4n) is 1.96. The van der Waals surface area contributed by atoms with Gasteiger partial charge in [0, 0.05) is 6.54 Å². The van der Waals surface area contributed by atoms with Gasteiger partial charge in [0.25, 0.3) is 0 Å². The molecule has 0 heterocycles. The third-order valence-corrected chi connectivity index (χ3v) is 2.95. The molecule has 2 N–H and O–H groups in total. The van der Waals surface area contributed by atoms with Gasteiger partial charge in [0.15, 0.2) is 0 Å². The second-order valence-electron chi connectivity index (χ2n) is 4.00. The van der Waals surface area contributed by atoms with Crippen LogP contribution in [0.15, 0.2) is 12.7 Å². The zero-order valence-corrected chi connectivity index (χ0v) is 8.48. The topological polar surface area (TPSA) is 77.8 Å². The molecule has 1 aliphatic carbocycles. The molecule has 0 bridgehead atoms. The van der Waals surface area contributed by atoms with Crippen LogP contribution in [0.3, 0.4) is 0 Å². The maximum atomic E-state index is 10.7.